The molecule has 4 fully saturated rings. The molecule has 0 spiro atoms. The van der Waals surface area contributed by atoms with Gasteiger partial charge in [0.25, 0.3) is 0 Å². The molecule has 0 unspecified atom stereocenters. The molecular formula is C32H45NO3S. The number of aromatic nitrogens is 1. The summed E-state index contributed by atoms with van der Waals surface area (Å²) in [7, 11) is 0. The molecule has 3 N–H and O–H groups in total. The summed E-state index contributed by atoms with van der Waals surface area (Å²) in [6.07, 6.45) is 17.2. The summed E-state index contributed by atoms with van der Waals surface area (Å²) in [4.78, 5) is 4.81. The molecule has 5 heteroatoms. The van der Waals surface area contributed by atoms with E-state index < -0.39 is 18.3 Å². The van der Waals surface area contributed by atoms with E-state index in [1.807, 2.05) is 0 Å². The SMILES string of the molecule is C=C1/C(=C\C=C2/CCC[C@]3(C)[C@@H]([C@@H](C)/C=C/[C@@H](O)C4(c5nc(CC)cs5)CC4)CC[C@@H]23)C[C@@H](O)C[C@@H]1O. The third-order valence-electron chi connectivity index (χ3n) is 10.2. The van der Waals surface area contributed by atoms with Crippen molar-refractivity contribution in [1.29, 1.82) is 0 Å². The fraction of sp³-hybridized carbons (Fsp3) is 0.656. The summed E-state index contributed by atoms with van der Waals surface area (Å²) in [6, 6.07) is 0. The first-order valence-corrected chi connectivity index (χ1v) is 15.3. The third kappa shape index (κ3) is 5.09. The standard InChI is InChI=1S/C32H45NO3S/c1-5-24-19-37-30(33-24)32(15-16-32)29(36)13-8-20(2)26-11-12-27-22(7-6-14-31(26,27)4)9-10-23-17-25(34)18-28(35)21(23)3/h8-10,13,19-20,25-29,34-36H,3,5-7,11-12,14-18H2,1-2,4H3/b13-8+,22-9+,23-10-/t20-,25+,26+,27-,28-,29+,31+/m0/s1. The number of aryl methyl sites for hydroxylation is 1. The maximum absolute atomic E-state index is 11.2. The van der Waals surface area contributed by atoms with E-state index in [1.165, 1.54) is 31.3 Å². The zero-order valence-electron chi connectivity index (χ0n) is 22.8. The Balaban J connectivity index is 1.28. The molecule has 4 nitrogen and oxygen atoms in total. The van der Waals surface area contributed by atoms with E-state index in [2.05, 4.69) is 57.0 Å². The van der Waals surface area contributed by atoms with Gasteiger partial charge in [-0.05, 0) is 92.1 Å². The molecule has 4 saturated carbocycles. The summed E-state index contributed by atoms with van der Waals surface area (Å²) in [5, 5.41) is 34.8. The van der Waals surface area contributed by atoms with Gasteiger partial charge in [0.15, 0.2) is 0 Å². The number of thiazole rings is 1. The third-order valence-corrected chi connectivity index (χ3v) is 11.3. The lowest BCUT2D eigenvalue weighted by atomic mass is 9.61. The van der Waals surface area contributed by atoms with Crippen LogP contribution in [0.25, 0.3) is 0 Å². The van der Waals surface area contributed by atoms with Crippen molar-refractivity contribution in [2.75, 3.05) is 0 Å². The van der Waals surface area contributed by atoms with E-state index in [0.29, 0.717) is 30.6 Å². The zero-order chi connectivity index (χ0) is 26.4. The molecule has 4 aliphatic carbocycles. The van der Waals surface area contributed by atoms with Crippen LogP contribution in [0.15, 0.2) is 53.0 Å². The normalized spacial score (nSPS) is 37.3. The summed E-state index contributed by atoms with van der Waals surface area (Å²) >= 11 is 1.71. The Hall–Kier alpha value is -1.53. The minimum atomic E-state index is -0.636. The molecule has 0 bridgehead atoms. The summed E-state index contributed by atoms with van der Waals surface area (Å²) in [5.41, 5.74) is 4.52. The topological polar surface area (TPSA) is 73.6 Å². The molecule has 1 aromatic heterocycles. The Bertz CT molecular complexity index is 1100. The number of aliphatic hydroxyl groups is 3. The Morgan fingerprint density at radius 2 is 1.97 bits per heavy atom. The zero-order valence-corrected chi connectivity index (χ0v) is 23.6. The summed E-state index contributed by atoms with van der Waals surface area (Å²) < 4.78 is 0. The monoisotopic (exact) mass is 523 g/mol. The molecule has 1 aromatic rings. The van der Waals surface area contributed by atoms with Crippen molar-refractivity contribution in [3.63, 3.8) is 0 Å². The first kappa shape index (κ1) is 27.1. The molecule has 7 atom stereocenters. The van der Waals surface area contributed by atoms with Crippen molar-refractivity contribution < 1.29 is 15.3 Å². The highest BCUT2D eigenvalue weighted by molar-refractivity contribution is 7.09. The number of rotatable bonds is 7. The lowest BCUT2D eigenvalue weighted by Crippen LogP contribution is -2.35. The minimum Gasteiger partial charge on any atom is -0.393 e. The van der Waals surface area contributed by atoms with Crippen LogP contribution in [0.2, 0.25) is 0 Å². The second-order valence-corrected chi connectivity index (χ2v) is 13.4. The van der Waals surface area contributed by atoms with E-state index in [4.69, 9.17) is 4.98 Å². The second kappa shape index (κ2) is 10.6. The molecule has 0 amide bonds. The maximum atomic E-state index is 11.2. The summed E-state index contributed by atoms with van der Waals surface area (Å²) in [5.74, 6) is 1.60. The van der Waals surface area contributed by atoms with Crippen molar-refractivity contribution in [1.82, 2.24) is 4.98 Å². The molecule has 4 aliphatic rings. The van der Waals surface area contributed by atoms with Gasteiger partial charge in [0.2, 0.25) is 0 Å². The fourth-order valence-electron chi connectivity index (χ4n) is 7.68. The molecule has 37 heavy (non-hydrogen) atoms. The number of fused-ring (bicyclic) bond motifs is 1. The number of hydrogen-bond donors (Lipinski definition) is 3. The van der Waals surface area contributed by atoms with Gasteiger partial charge in [-0.3, -0.25) is 0 Å². The van der Waals surface area contributed by atoms with Crippen LogP contribution in [-0.2, 0) is 11.8 Å². The first-order valence-electron chi connectivity index (χ1n) is 14.4. The highest BCUT2D eigenvalue weighted by Gasteiger charge is 2.53. The van der Waals surface area contributed by atoms with E-state index >= 15 is 0 Å². The van der Waals surface area contributed by atoms with Crippen LogP contribution in [0.3, 0.4) is 0 Å². The average molecular weight is 524 g/mol. The van der Waals surface area contributed by atoms with Crippen LogP contribution in [0.5, 0.6) is 0 Å². The van der Waals surface area contributed by atoms with E-state index in [-0.39, 0.29) is 10.8 Å². The van der Waals surface area contributed by atoms with E-state index in [1.54, 1.807) is 11.3 Å². The van der Waals surface area contributed by atoms with Crippen LogP contribution in [-0.4, -0.2) is 38.6 Å². The van der Waals surface area contributed by atoms with E-state index in [0.717, 1.165) is 47.5 Å². The highest BCUT2D eigenvalue weighted by Crippen LogP contribution is 2.60. The molecule has 1 heterocycles. The van der Waals surface area contributed by atoms with Crippen molar-refractivity contribution in [3.05, 3.63) is 63.7 Å². The van der Waals surface area contributed by atoms with Crippen molar-refractivity contribution >= 4 is 11.3 Å². The Morgan fingerprint density at radius 1 is 1.19 bits per heavy atom. The van der Waals surface area contributed by atoms with Crippen LogP contribution in [0.1, 0.15) is 89.3 Å². The lowest BCUT2D eigenvalue weighted by molar-refractivity contribution is 0.0862. The molecule has 5 rings (SSSR count). The van der Waals surface area contributed by atoms with Crippen LogP contribution >= 0.6 is 11.3 Å². The Morgan fingerprint density at radius 3 is 2.68 bits per heavy atom. The van der Waals surface area contributed by atoms with Crippen molar-refractivity contribution in [2.24, 2.45) is 23.2 Å². The first-order chi connectivity index (χ1) is 17.7. The number of nitrogens with zero attached hydrogens (tertiary/aromatic N) is 1. The Labute approximate surface area is 226 Å². The fourth-order valence-corrected chi connectivity index (χ4v) is 8.87. The quantitative estimate of drug-likeness (QED) is 0.360. The van der Waals surface area contributed by atoms with Gasteiger partial charge in [-0.1, -0.05) is 57.2 Å². The smallest absolute Gasteiger partial charge is 0.102 e. The molecule has 0 aliphatic heterocycles. The van der Waals surface area contributed by atoms with Gasteiger partial charge >= 0.3 is 0 Å². The summed E-state index contributed by atoms with van der Waals surface area (Å²) in [6.45, 7) is 11.1. The predicted octanol–water partition coefficient (Wildman–Crippen LogP) is 6.43. The molecule has 0 aromatic carbocycles. The van der Waals surface area contributed by atoms with E-state index in [9.17, 15) is 15.3 Å². The molecule has 202 valence electrons. The van der Waals surface area contributed by atoms with Crippen molar-refractivity contribution in [3.8, 4) is 0 Å². The number of hydrogen-bond acceptors (Lipinski definition) is 5. The number of allylic oxidation sites excluding steroid dienone is 4. The Kier molecular flexibility index (Phi) is 7.72. The van der Waals surface area contributed by atoms with Gasteiger partial charge in [-0.2, -0.15) is 0 Å². The van der Waals surface area contributed by atoms with Crippen LogP contribution < -0.4 is 0 Å². The lowest BCUT2D eigenvalue weighted by Gasteiger charge is -2.44. The molecule has 0 radical (unpaired) electrons. The van der Waals surface area contributed by atoms with Gasteiger partial charge in [-0.15, -0.1) is 11.3 Å². The van der Waals surface area contributed by atoms with Gasteiger partial charge < -0.3 is 15.3 Å². The van der Waals surface area contributed by atoms with Crippen LogP contribution in [0.4, 0.5) is 0 Å². The molecule has 0 saturated heterocycles. The van der Waals surface area contributed by atoms with Gasteiger partial charge in [-0.25, -0.2) is 4.98 Å². The average Bonchev–Trinajstić information content (AvgIpc) is 3.39. The van der Waals surface area contributed by atoms with Crippen LogP contribution in [0, 0.1) is 23.2 Å². The maximum Gasteiger partial charge on any atom is 0.102 e. The van der Waals surface area contributed by atoms with Crippen molar-refractivity contribution in [2.45, 2.75) is 109 Å². The van der Waals surface area contributed by atoms with Gasteiger partial charge in [0.05, 0.1) is 29.4 Å². The highest BCUT2D eigenvalue weighted by atomic mass is 32.1. The number of aliphatic hydroxyl groups excluding tert-OH is 3. The minimum absolute atomic E-state index is 0.158. The largest absolute Gasteiger partial charge is 0.393 e. The van der Waals surface area contributed by atoms with Gasteiger partial charge in [0.1, 0.15) is 5.01 Å². The predicted molar refractivity (Wildman–Crippen MR) is 151 cm³/mol. The second-order valence-electron chi connectivity index (χ2n) is 12.5. The molecular weight excluding hydrogens is 478 g/mol. The van der Waals surface area contributed by atoms with Gasteiger partial charge in [0, 0.05) is 11.8 Å².